The number of ether oxygens (including phenoxy) is 1. The average Bonchev–Trinajstić information content (AvgIpc) is 2.91. The van der Waals surface area contributed by atoms with Gasteiger partial charge in [-0.15, -0.1) is 0 Å². The number of carbonyl (C=O) groups excluding carboxylic acids is 2. The Hall–Kier alpha value is -3.13. The minimum atomic E-state index is -0.156. The normalized spacial score (nSPS) is 12.7. The molecule has 0 atom stereocenters. The summed E-state index contributed by atoms with van der Waals surface area (Å²) in [5.74, 6) is 0.600. The summed E-state index contributed by atoms with van der Waals surface area (Å²) in [6, 6.07) is 12.6. The van der Waals surface area contributed by atoms with Crippen LogP contribution in [0.25, 0.3) is 0 Å². The second-order valence-corrected chi connectivity index (χ2v) is 5.33. The minimum Gasteiger partial charge on any atom is -0.497 e. The van der Waals surface area contributed by atoms with Crippen LogP contribution >= 0.6 is 0 Å². The van der Waals surface area contributed by atoms with Crippen LogP contribution in [0.5, 0.6) is 5.75 Å². The van der Waals surface area contributed by atoms with Crippen molar-refractivity contribution >= 4 is 12.2 Å². The molecule has 0 saturated heterocycles. The smallest absolute Gasteiger partial charge is 0.254 e. The van der Waals surface area contributed by atoms with Crippen LogP contribution in [0.1, 0.15) is 37.4 Å². The van der Waals surface area contributed by atoms with Crippen LogP contribution in [-0.2, 0) is 13.1 Å². The Morgan fingerprint density at radius 1 is 1.30 bits per heavy atom. The summed E-state index contributed by atoms with van der Waals surface area (Å²) >= 11 is 0. The van der Waals surface area contributed by atoms with Gasteiger partial charge in [-0.1, -0.05) is 12.1 Å². The standard InChI is InChI=1S/C18H14N2O3/c1-23-15-4-2-12(3-5-15)9-20-10-17-14(8-19)6-13(11-21)7-16(17)18(20)22/h2-7,11H,9-10H2,1H3. The van der Waals surface area contributed by atoms with Gasteiger partial charge in [-0.2, -0.15) is 5.26 Å². The number of benzene rings is 2. The van der Waals surface area contributed by atoms with Gasteiger partial charge in [0.2, 0.25) is 0 Å². The van der Waals surface area contributed by atoms with E-state index >= 15 is 0 Å². The molecule has 5 nitrogen and oxygen atoms in total. The van der Waals surface area contributed by atoms with Crippen LogP contribution < -0.4 is 4.74 Å². The number of methoxy groups -OCH3 is 1. The third-order valence-electron chi connectivity index (χ3n) is 3.93. The molecule has 114 valence electrons. The summed E-state index contributed by atoms with van der Waals surface area (Å²) in [5, 5.41) is 9.23. The van der Waals surface area contributed by atoms with E-state index in [1.165, 1.54) is 6.07 Å². The van der Waals surface area contributed by atoms with E-state index in [9.17, 15) is 14.9 Å². The van der Waals surface area contributed by atoms with Crippen LogP contribution in [0.4, 0.5) is 0 Å². The van der Waals surface area contributed by atoms with Crippen molar-refractivity contribution in [2.45, 2.75) is 13.1 Å². The molecular weight excluding hydrogens is 292 g/mol. The Balaban J connectivity index is 1.88. The van der Waals surface area contributed by atoms with Gasteiger partial charge in [0.25, 0.3) is 5.91 Å². The lowest BCUT2D eigenvalue weighted by Gasteiger charge is -2.15. The van der Waals surface area contributed by atoms with Crippen LogP contribution in [0, 0.1) is 11.3 Å². The van der Waals surface area contributed by atoms with E-state index in [0.717, 1.165) is 11.3 Å². The molecule has 3 rings (SSSR count). The number of aldehydes is 1. The Labute approximate surface area is 133 Å². The third-order valence-corrected chi connectivity index (χ3v) is 3.93. The third kappa shape index (κ3) is 2.67. The van der Waals surface area contributed by atoms with E-state index in [2.05, 4.69) is 6.07 Å². The topological polar surface area (TPSA) is 70.4 Å². The Kier molecular flexibility index (Phi) is 3.82. The van der Waals surface area contributed by atoms with Gasteiger partial charge >= 0.3 is 0 Å². The van der Waals surface area contributed by atoms with Gasteiger partial charge in [0.05, 0.1) is 18.7 Å². The quantitative estimate of drug-likeness (QED) is 0.814. The summed E-state index contributed by atoms with van der Waals surface area (Å²) in [6.45, 7) is 0.820. The van der Waals surface area contributed by atoms with Crippen LogP contribution in [0.15, 0.2) is 36.4 Å². The first kappa shape index (κ1) is 14.8. The molecule has 0 aliphatic carbocycles. The summed E-state index contributed by atoms with van der Waals surface area (Å²) in [7, 11) is 1.60. The number of hydrogen-bond acceptors (Lipinski definition) is 4. The van der Waals surface area contributed by atoms with Crippen molar-refractivity contribution in [2.75, 3.05) is 7.11 Å². The lowest BCUT2D eigenvalue weighted by molar-refractivity contribution is 0.0766. The number of fused-ring (bicyclic) bond motifs is 1. The largest absolute Gasteiger partial charge is 0.497 e. The van der Waals surface area contributed by atoms with Crippen molar-refractivity contribution in [1.29, 1.82) is 5.26 Å². The van der Waals surface area contributed by atoms with Crippen molar-refractivity contribution < 1.29 is 14.3 Å². The summed E-state index contributed by atoms with van der Waals surface area (Å²) < 4.78 is 5.12. The van der Waals surface area contributed by atoms with E-state index in [1.807, 2.05) is 24.3 Å². The molecule has 0 bridgehead atoms. The van der Waals surface area contributed by atoms with Gasteiger partial charge in [-0.3, -0.25) is 9.59 Å². The van der Waals surface area contributed by atoms with Gasteiger partial charge in [-0.05, 0) is 29.8 Å². The molecule has 2 aromatic carbocycles. The molecule has 2 aromatic rings. The first-order valence-electron chi connectivity index (χ1n) is 7.10. The molecule has 1 aliphatic rings. The second kappa shape index (κ2) is 5.93. The molecule has 0 unspecified atom stereocenters. The average molecular weight is 306 g/mol. The molecule has 0 fully saturated rings. The molecule has 5 heteroatoms. The molecule has 0 spiro atoms. The maximum atomic E-state index is 12.5. The first-order valence-corrected chi connectivity index (χ1v) is 7.10. The zero-order valence-corrected chi connectivity index (χ0v) is 12.6. The molecule has 0 aromatic heterocycles. The highest BCUT2D eigenvalue weighted by molar-refractivity contribution is 6.00. The summed E-state index contributed by atoms with van der Waals surface area (Å²) in [5.41, 5.74) is 2.84. The minimum absolute atomic E-state index is 0.156. The summed E-state index contributed by atoms with van der Waals surface area (Å²) in [4.78, 5) is 25.2. The van der Waals surface area contributed by atoms with Gasteiger partial charge in [0.15, 0.2) is 0 Å². The number of nitrogens with zero attached hydrogens (tertiary/aromatic N) is 2. The SMILES string of the molecule is COc1ccc(CN2Cc3c(C#N)cc(C=O)cc3C2=O)cc1. The highest BCUT2D eigenvalue weighted by Gasteiger charge is 2.30. The van der Waals surface area contributed by atoms with Crippen LogP contribution in [0.2, 0.25) is 0 Å². The molecule has 1 amide bonds. The molecule has 0 N–H and O–H groups in total. The lowest BCUT2D eigenvalue weighted by Crippen LogP contribution is -2.23. The predicted molar refractivity (Wildman–Crippen MR) is 83.1 cm³/mol. The number of amides is 1. The van der Waals surface area contributed by atoms with Crippen molar-refractivity contribution in [3.8, 4) is 11.8 Å². The van der Waals surface area contributed by atoms with Gasteiger partial charge in [0, 0.05) is 29.8 Å². The molecule has 23 heavy (non-hydrogen) atoms. The van der Waals surface area contributed by atoms with E-state index in [4.69, 9.17) is 4.74 Å². The first-order chi connectivity index (χ1) is 11.2. The highest BCUT2D eigenvalue weighted by Crippen LogP contribution is 2.28. The van der Waals surface area contributed by atoms with Gasteiger partial charge < -0.3 is 9.64 Å². The predicted octanol–water partition coefficient (Wildman–Crippen LogP) is 2.54. The zero-order valence-electron chi connectivity index (χ0n) is 12.6. The van der Waals surface area contributed by atoms with Gasteiger partial charge in [0.1, 0.15) is 12.0 Å². The molecule has 1 aliphatic heterocycles. The summed E-state index contributed by atoms with van der Waals surface area (Å²) in [6.07, 6.45) is 0.653. The number of rotatable bonds is 4. The fraction of sp³-hybridized carbons (Fsp3) is 0.167. The Morgan fingerprint density at radius 2 is 2.04 bits per heavy atom. The number of carbonyl (C=O) groups is 2. The van der Waals surface area contributed by atoms with Crippen molar-refractivity contribution in [3.05, 3.63) is 64.2 Å². The molecular formula is C18H14N2O3. The Morgan fingerprint density at radius 3 is 2.65 bits per heavy atom. The van der Waals surface area contributed by atoms with E-state index in [0.29, 0.717) is 41.6 Å². The van der Waals surface area contributed by atoms with Crippen molar-refractivity contribution in [2.24, 2.45) is 0 Å². The molecule has 1 heterocycles. The monoisotopic (exact) mass is 306 g/mol. The van der Waals surface area contributed by atoms with Crippen LogP contribution in [0.3, 0.4) is 0 Å². The second-order valence-electron chi connectivity index (χ2n) is 5.33. The maximum Gasteiger partial charge on any atom is 0.254 e. The number of hydrogen-bond donors (Lipinski definition) is 0. The molecule has 0 radical (unpaired) electrons. The van der Waals surface area contributed by atoms with Crippen molar-refractivity contribution in [3.63, 3.8) is 0 Å². The van der Waals surface area contributed by atoms with Crippen molar-refractivity contribution in [1.82, 2.24) is 4.90 Å². The van der Waals surface area contributed by atoms with Gasteiger partial charge in [-0.25, -0.2) is 0 Å². The van der Waals surface area contributed by atoms with Crippen LogP contribution in [-0.4, -0.2) is 24.2 Å². The Bertz CT molecular complexity index is 819. The lowest BCUT2D eigenvalue weighted by atomic mass is 10.0. The highest BCUT2D eigenvalue weighted by atomic mass is 16.5. The fourth-order valence-electron chi connectivity index (χ4n) is 2.74. The van der Waals surface area contributed by atoms with E-state index < -0.39 is 0 Å². The van der Waals surface area contributed by atoms with E-state index in [1.54, 1.807) is 18.1 Å². The number of nitriles is 1. The van der Waals surface area contributed by atoms with E-state index in [-0.39, 0.29) is 5.91 Å². The fourth-order valence-corrected chi connectivity index (χ4v) is 2.74. The zero-order chi connectivity index (χ0) is 16.4. The maximum absolute atomic E-state index is 12.5. The molecule has 0 saturated carbocycles.